The number of rotatable bonds is 8. The van der Waals surface area contributed by atoms with E-state index in [0.717, 1.165) is 16.5 Å². The number of hydrogen-bond donors (Lipinski definition) is 3. The molecular weight excluding hydrogens is 403 g/mol. The first-order valence-corrected chi connectivity index (χ1v) is 11.9. The van der Waals surface area contributed by atoms with E-state index >= 15 is 0 Å². The molecule has 0 aliphatic carbocycles. The maximum absolute atomic E-state index is 12.4. The van der Waals surface area contributed by atoms with Crippen LogP contribution in [0, 0.1) is 0 Å². The zero-order valence-corrected chi connectivity index (χ0v) is 17.8. The van der Waals surface area contributed by atoms with E-state index in [9.17, 15) is 19.1 Å². The molecule has 1 atom stereocenters. The van der Waals surface area contributed by atoms with Crippen molar-refractivity contribution in [2.45, 2.75) is 25.2 Å². The quantitative estimate of drug-likeness (QED) is 0.478. The number of nitrogens with one attached hydrogen (secondary N) is 1. The molecule has 0 radical (unpaired) electrons. The number of para-hydroxylation sites is 1. The van der Waals surface area contributed by atoms with Gasteiger partial charge in [-0.05, 0) is 42.2 Å². The summed E-state index contributed by atoms with van der Waals surface area (Å²) >= 11 is 0. The maximum Gasteiger partial charge on any atom is 0.475 e. The highest BCUT2D eigenvalue weighted by molar-refractivity contribution is 7.92. The lowest BCUT2D eigenvalue weighted by atomic mass is 9.76. The molecule has 9 heteroatoms. The van der Waals surface area contributed by atoms with Crippen molar-refractivity contribution in [1.29, 1.82) is 0 Å². The van der Waals surface area contributed by atoms with Gasteiger partial charge in [-0.25, -0.2) is 4.21 Å². The number of benzene rings is 2. The van der Waals surface area contributed by atoms with Crippen LogP contribution in [0.4, 0.5) is 5.69 Å². The standard InChI is InChI=1S/C21H25BN2O5S/c1-30(2,28)24-17-7-5-6-15(12-17)10-11-21(25)23-20(22(26)27)13-16-14-29-19-9-4-3-8-18(16)19/h3-9,12,14,20,26-27H,10-11,13H2,1-2H3,(H,23,25)/t20-/m0/s1. The summed E-state index contributed by atoms with van der Waals surface area (Å²) < 4.78 is 21.5. The molecule has 3 rings (SSSR count). The normalized spacial score (nSPS) is 12.5. The third-order valence-corrected chi connectivity index (χ3v) is 5.23. The summed E-state index contributed by atoms with van der Waals surface area (Å²) in [6, 6.07) is 14.7. The molecule has 158 valence electrons. The minimum absolute atomic E-state index is 0.173. The van der Waals surface area contributed by atoms with Crippen molar-refractivity contribution in [2.24, 2.45) is 4.36 Å². The molecule has 0 unspecified atom stereocenters. The van der Waals surface area contributed by atoms with Crippen molar-refractivity contribution in [1.82, 2.24) is 5.32 Å². The van der Waals surface area contributed by atoms with Gasteiger partial charge in [0.25, 0.3) is 0 Å². The van der Waals surface area contributed by atoms with E-state index in [2.05, 4.69) is 9.68 Å². The summed E-state index contributed by atoms with van der Waals surface area (Å²) in [5.74, 6) is -1.15. The predicted octanol–water partition coefficient (Wildman–Crippen LogP) is 2.46. The van der Waals surface area contributed by atoms with Crippen LogP contribution in [0.25, 0.3) is 11.0 Å². The van der Waals surface area contributed by atoms with Crippen molar-refractivity contribution in [3.8, 4) is 0 Å². The largest absolute Gasteiger partial charge is 0.475 e. The number of furan rings is 1. The monoisotopic (exact) mass is 428 g/mol. The van der Waals surface area contributed by atoms with E-state index in [4.69, 9.17) is 4.42 Å². The Hall–Kier alpha value is -2.62. The Morgan fingerprint density at radius 3 is 2.70 bits per heavy atom. The Bertz CT molecular complexity index is 1140. The Balaban J connectivity index is 1.62. The van der Waals surface area contributed by atoms with Gasteiger partial charge in [0, 0.05) is 34.0 Å². The molecule has 3 N–H and O–H groups in total. The van der Waals surface area contributed by atoms with E-state index in [0.29, 0.717) is 17.7 Å². The Morgan fingerprint density at radius 1 is 1.20 bits per heavy atom. The summed E-state index contributed by atoms with van der Waals surface area (Å²) in [6.07, 6.45) is 5.56. The lowest BCUT2D eigenvalue weighted by molar-refractivity contribution is -0.121. The van der Waals surface area contributed by atoms with E-state index in [-0.39, 0.29) is 18.7 Å². The number of aryl methyl sites for hydroxylation is 1. The predicted molar refractivity (Wildman–Crippen MR) is 119 cm³/mol. The van der Waals surface area contributed by atoms with Crippen molar-refractivity contribution in [3.05, 3.63) is 65.9 Å². The third kappa shape index (κ3) is 6.19. The summed E-state index contributed by atoms with van der Waals surface area (Å²) in [7, 11) is -3.96. The fourth-order valence-corrected chi connectivity index (χ4v) is 3.84. The molecule has 0 fully saturated rings. The van der Waals surface area contributed by atoms with Crippen LogP contribution >= 0.6 is 0 Å². The Morgan fingerprint density at radius 2 is 1.97 bits per heavy atom. The van der Waals surface area contributed by atoms with Gasteiger partial charge in [0.05, 0.1) is 17.9 Å². The first kappa shape index (κ1) is 22.1. The van der Waals surface area contributed by atoms with Crippen LogP contribution in [0.2, 0.25) is 0 Å². The summed E-state index contributed by atoms with van der Waals surface area (Å²) in [4.78, 5) is 12.4. The van der Waals surface area contributed by atoms with Crippen molar-refractivity contribution in [2.75, 3.05) is 12.5 Å². The van der Waals surface area contributed by atoms with Crippen molar-refractivity contribution >= 4 is 39.4 Å². The molecule has 0 saturated carbocycles. The smallest absolute Gasteiger partial charge is 0.464 e. The van der Waals surface area contributed by atoms with Crippen LogP contribution in [-0.2, 0) is 27.4 Å². The zero-order valence-electron chi connectivity index (χ0n) is 16.9. The lowest BCUT2D eigenvalue weighted by Crippen LogP contribution is -2.47. The molecule has 1 heterocycles. The number of carbonyl (C=O) groups excluding carboxylic acids is 1. The minimum atomic E-state index is -2.26. The highest BCUT2D eigenvalue weighted by Gasteiger charge is 2.26. The Labute approximate surface area is 176 Å². The fraction of sp³-hybridized carbons (Fsp3) is 0.286. The second kappa shape index (κ2) is 9.46. The van der Waals surface area contributed by atoms with E-state index in [1.165, 1.54) is 0 Å². The minimum Gasteiger partial charge on any atom is -0.464 e. The average Bonchev–Trinajstić information content (AvgIpc) is 3.08. The fourth-order valence-electron chi connectivity index (χ4n) is 3.22. The molecule has 0 bridgehead atoms. The van der Waals surface area contributed by atoms with Crippen LogP contribution in [0.15, 0.2) is 63.6 Å². The number of carbonyl (C=O) groups is 1. The van der Waals surface area contributed by atoms with Gasteiger partial charge in [0.2, 0.25) is 5.91 Å². The molecule has 0 aliphatic rings. The van der Waals surface area contributed by atoms with E-state index in [1.54, 1.807) is 30.9 Å². The zero-order chi connectivity index (χ0) is 21.7. The highest BCUT2D eigenvalue weighted by Crippen LogP contribution is 2.22. The number of nitrogens with zero attached hydrogens (tertiary/aromatic N) is 1. The van der Waals surface area contributed by atoms with Crippen molar-refractivity contribution < 1.29 is 23.5 Å². The molecule has 1 amide bonds. The van der Waals surface area contributed by atoms with Gasteiger partial charge in [-0.2, -0.15) is 4.36 Å². The molecule has 2 aromatic carbocycles. The average molecular weight is 428 g/mol. The van der Waals surface area contributed by atoms with Gasteiger partial charge in [0.1, 0.15) is 5.58 Å². The molecule has 30 heavy (non-hydrogen) atoms. The van der Waals surface area contributed by atoms with Crippen molar-refractivity contribution in [3.63, 3.8) is 0 Å². The first-order chi connectivity index (χ1) is 14.2. The van der Waals surface area contributed by atoms with Gasteiger partial charge in [-0.3, -0.25) is 4.79 Å². The van der Waals surface area contributed by atoms with E-state index in [1.807, 2.05) is 36.4 Å². The molecule has 0 spiro atoms. The molecule has 3 aromatic rings. The third-order valence-electron chi connectivity index (χ3n) is 4.58. The SMILES string of the molecule is CS(C)(=O)=Nc1cccc(CCC(=O)N[C@@H](Cc2coc3ccccc23)B(O)O)c1. The van der Waals surface area contributed by atoms with Crippen LogP contribution in [0.3, 0.4) is 0 Å². The summed E-state index contributed by atoms with van der Waals surface area (Å²) in [6.45, 7) is 0. The number of hydrogen-bond acceptors (Lipinski definition) is 6. The van der Waals surface area contributed by atoms with Gasteiger partial charge >= 0.3 is 7.12 Å². The number of amides is 1. The lowest BCUT2D eigenvalue weighted by Gasteiger charge is -2.17. The number of fused-ring (bicyclic) bond motifs is 1. The van der Waals surface area contributed by atoms with Gasteiger partial charge in [-0.15, -0.1) is 0 Å². The van der Waals surface area contributed by atoms with Gasteiger partial charge < -0.3 is 19.8 Å². The highest BCUT2D eigenvalue weighted by atomic mass is 32.2. The second-order valence-corrected chi connectivity index (χ2v) is 10.0. The molecule has 7 nitrogen and oxygen atoms in total. The Kier molecular flexibility index (Phi) is 6.97. The molecule has 0 aliphatic heterocycles. The topological polar surface area (TPSA) is 112 Å². The summed E-state index contributed by atoms with van der Waals surface area (Å²) in [5, 5.41) is 23.0. The van der Waals surface area contributed by atoms with E-state index < -0.39 is 22.8 Å². The van der Waals surface area contributed by atoms with Crippen LogP contribution in [0.1, 0.15) is 17.5 Å². The van der Waals surface area contributed by atoms with Gasteiger partial charge in [-0.1, -0.05) is 30.3 Å². The maximum atomic E-state index is 12.4. The molecule has 0 saturated heterocycles. The first-order valence-electron chi connectivity index (χ1n) is 9.58. The van der Waals surface area contributed by atoms with Crippen LogP contribution in [0.5, 0.6) is 0 Å². The van der Waals surface area contributed by atoms with Crippen LogP contribution < -0.4 is 5.32 Å². The summed E-state index contributed by atoms with van der Waals surface area (Å²) in [5.41, 5.74) is 3.00. The molecular formula is C21H25BN2O5S. The van der Waals surface area contributed by atoms with Gasteiger partial charge in [0.15, 0.2) is 0 Å². The van der Waals surface area contributed by atoms with Crippen LogP contribution in [-0.4, -0.2) is 45.7 Å². The molecule has 1 aromatic heterocycles. The second-order valence-electron chi connectivity index (χ2n) is 7.49.